The van der Waals surface area contributed by atoms with Crippen molar-refractivity contribution in [3.63, 3.8) is 0 Å². The number of hydrogen-bond donors (Lipinski definition) is 2. The minimum atomic E-state index is -0.943. The molecule has 2 N–H and O–H groups in total. The number of nitriles is 1. The SMILES string of the molecule is CC(CN1C(=O)CNc2cc(C#N)ccc21)C(=O)O. The van der Waals surface area contributed by atoms with Crippen LogP contribution in [0.2, 0.25) is 0 Å². The molecule has 6 nitrogen and oxygen atoms in total. The van der Waals surface area contributed by atoms with Gasteiger partial charge in [0.1, 0.15) is 0 Å². The van der Waals surface area contributed by atoms with Gasteiger partial charge in [0.25, 0.3) is 0 Å². The van der Waals surface area contributed by atoms with Crippen molar-refractivity contribution >= 4 is 23.3 Å². The van der Waals surface area contributed by atoms with Gasteiger partial charge in [0.15, 0.2) is 0 Å². The van der Waals surface area contributed by atoms with E-state index in [0.29, 0.717) is 16.9 Å². The maximum atomic E-state index is 11.9. The maximum Gasteiger partial charge on any atom is 0.308 e. The molecule has 0 aromatic heterocycles. The number of fused-ring (bicyclic) bond motifs is 1. The molecule has 1 amide bonds. The Morgan fingerprint density at radius 3 is 3.00 bits per heavy atom. The van der Waals surface area contributed by atoms with Crippen molar-refractivity contribution < 1.29 is 14.7 Å². The molecule has 0 spiro atoms. The molecule has 1 aliphatic heterocycles. The molecule has 0 radical (unpaired) electrons. The number of carboxylic acid groups (broad SMARTS) is 1. The smallest absolute Gasteiger partial charge is 0.308 e. The van der Waals surface area contributed by atoms with Gasteiger partial charge in [-0.1, -0.05) is 6.92 Å². The number of hydrogen-bond acceptors (Lipinski definition) is 4. The molecule has 0 bridgehead atoms. The third kappa shape index (κ3) is 2.50. The molecule has 19 heavy (non-hydrogen) atoms. The van der Waals surface area contributed by atoms with Gasteiger partial charge in [-0.3, -0.25) is 9.59 Å². The lowest BCUT2D eigenvalue weighted by atomic mass is 10.1. The molecule has 1 atom stereocenters. The van der Waals surface area contributed by atoms with Gasteiger partial charge in [0.05, 0.1) is 35.5 Å². The topological polar surface area (TPSA) is 93.4 Å². The van der Waals surface area contributed by atoms with Crippen LogP contribution in [0.15, 0.2) is 18.2 Å². The van der Waals surface area contributed by atoms with Gasteiger partial charge in [0.2, 0.25) is 5.91 Å². The summed E-state index contributed by atoms with van der Waals surface area (Å²) in [5, 5.41) is 20.7. The number of aliphatic carboxylic acids is 1. The Morgan fingerprint density at radius 2 is 2.37 bits per heavy atom. The summed E-state index contributed by atoms with van der Waals surface area (Å²) >= 11 is 0. The zero-order chi connectivity index (χ0) is 14.0. The van der Waals surface area contributed by atoms with Gasteiger partial charge in [0, 0.05) is 6.54 Å². The van der Waals surface area contributed by atoms with E-state index in [1.807, 2.05) is 6.07 Å². The first-order chi connectivity index (χ1) is 9.02. The largest absolute Gasteiger partial charge is 0.481 e. The molecule has 1 aromatic rings. The number of nitrogens with zero attached hydrogens (tertiary/aromatic N) is 2. The third-order valence-electron chi connectivity index (χ3n) is 3.03. The van der Waals surface area contributed by atoms with Gasteiger partial charge >= 0.3 is 5.97 Å². The zero-order valence-electron chi connectivity index (χ0n) is 10.4. The van der Waals surface area contributed by atoms with Crippen molar-refractivity contribution in [3.05, 3.63) is 23.8 Å². The summed E-state index contributed by atoms with van der Waals surface area (Å²) in [6.07, 6.45) is 0. The first-order valence-electron chi connectivity index (χ1n) is 5.84. The number of anilines is 2. The summed E-state index contributed by atoms with van der Waals surface area (Å²) in [5.74, 6) is -1.77. The molecule has 1 aromatic carbocycles. The lowest BCUT2D eigenvalue weighted by Gasteiger charge is -2.31. The predicted octanol–water partition coefficient (Wildman–Crippen LogP) is 1.04. The van der Waals surface area contributed by atoms with Crippen LogP contribution in [0.25, 0.3) is 0 Å². The van der Waals surface area contributed by atoms with Gasteiger partial charge < -0.3 is 15.3 Å². The summed E-state index contributed by atoms with van der Waals surface area (Å²) in [5.41, 5.74) is 1.78. The summed E-state index contributed by atoms with van der Waals surface area (Å²) in [7, 11) is 0. The minimum Gasteiger partial charge on any atom is -0.481 e. The quantitative estimate of drug-likeness (QED) is 0.845. The number of carbonyl (C=O) groups is 2. The fourth-order valence-electron chi connectivity index (χ4n) is 1.94. The Kier molecular flexibility index (Phi) is 3.38. The summed E-state index contributed by atoms with van der Waals surface area (Å²) in [6.45, 7) is 1.78. The average molecular weight is 259 g/mol. The monoisotopic (exact) mass is 259 g/mol. The standard InChI is InChI=1S/C13H13N3O3/c1-8(13(18)19)7-16-11-3-2-9(5-14)4-10(11)15-6-12(16)17/h2-4,8,15H,6-7H2,1H3,(H,18,19). The van der Waals surface area contributed by atoms with Gasteiger partial charge in [-0.2, -0.15) is 5.26 Å². The predicted molar refractivity (Wildman–Crippen MR) is 68.8 cm³/mol. The Balaban J connectivity index is 2.33. The fourth-order valence-corrected chi connectivity index (χ4v) is 1.94. The van der Waals surface area contributed by atoms with Crippen molar-refractivity contribution in [1.82, 2.24) is 0 Å². The van der Waals surface area contributed by atoms with Crippen LogP contribution in [-0.2, 0) is 9.59 Å². The number of amides is 1. The molecule has 0 saturated carbocycles. The first kappa shape index (κ1) is 12.9. The summed E-state index contributed by atoms with van der Waals surface area (Å²) < 4.78 is 0. The molecule has 1 unspecified atom stereocenters. The van der Waals surface area contributed by atoms with Crippen LogP contribution in [0.4, 0.5) is 11.4 Å². The second-order valence-corrected chi connectivity index (χ2v) is 4.44. The number of nitrogens with one attached hydrogen (secondary N) is 1. The van der Waals surface area contributed by atoms with E-state index in [1.54, 1.807) is 25.1 Å². The van der Waals surface area contributed by atoms with Crippen LogP contribution < -0.4 is 10.2 Å². The zero-order valence-corrected chi connectivity index (χ0v) is 10.4. The lowest BCUT2D eigenvalue weighted by Crippen LogP contribution is -2.43. The van der Waals surface area contributed by atoms with E-state index < -0.39 is 11.9 Å². The normalized spacial score (nSPS) is 15.2. The van der Waals surface area contributed by atoms with Crippen molar-refractivity contribution in [2.24, 2.45) is 5.92 Å². The summed E-state index contributed by atoms with van der Waals surface area (Å²) in [4.78, 5) is 24.2. The van der Waals surface area contributed by atoms with Crippen LogP contribution in [0.1, 0.15) is 12.5 Å². The molecule has 0 saturated heterocycles. The molecule has 1 aliphatic rings. The molecule has 0 fully saturated rings. The molecule has 2 rings (SSSR count). The Hall–Kier alpha value is -2.55. The van der Waals surface area contributed by atoms with Crippen LogP contribution in [0, 0.1) is 17.2 Å². The molecular weight excluding hydrogens is 246 g/mol. The van der Waals surface area contributed by atoms with Crippen molar-refractivity contribution in [2.45, 2.75) is 6.92 Å². The second kappa shape index (κ2) is 4.98. The maximum absolute atomic E-state index is 11.9. The number of carboxylic acids is 1. The molecule has 98 valence electrons. The van der Waals surface area contributed by atoms with Gasteiger partial charge in [-0.25, -0.2) is 0 Å². The highest BCUT2D eigenvalue weighted by atomic mass is 16.4. The van der Waals surface area contributed by atoms with Crippen molar-refractivity contribution in [2.75, 3.05) is 23.3 Å². The van der Waals surface area contributed by atoms with Crippen LogP contribution >= 0.6 is 0 Å². The van der Waals surface area contributed by atoms with E-state index in [-0.39, 0.29) is 19.0 Å². The fraction of sp³-hybridized carbons (Fsp3) is 0.308. The Bertz CT molecular complexity index is 577. The van der Waals surface area contributed by atoms with Crippen LogP contribution in [0.5, 0.6) is 0 Å². The summed E-state index contributed by atoms with van der Waals surface area (Å²) in [6, 6.07) is 6.95. The van der Waals surface area contributed by atoms with E-state index in [2.05, 4.69) is 5.32 Å². The minimum absolute atomic E-state index is 0.105. The van der Waals surface area contributed by atoms with E-state index in [1.165, 1.54) is 4.90 Å². The van der Waals surface area contributed by atoms with Crippen molar-refractivity contribution in [3.8, 4) is 6.07 Å². The third-order valence-corrected chi connectivity index (χ3v) is 3.03. The highest BCUT2D eigenvalue weighted by Gasteiger charge is 2.27. The van der Waals surface area contributed by atoms with E-state index in [0.717, 1.165) is 0 Å². The molecule has 6 heteroatoms. The van der Waals surface area contributed by atoms with E-state index >= 15 is 0 Å². The highest BCUT2D eigenvalue weighted by molar-refractivity contribution is 6.03. The number of carbonyl (C=O) groups excluding carboxylic acids is 1. The number of rotatable bonds is 3. The Labute approximate surface area is 110 Å². The molecule has 0 aliphatic carbocycles. The average Bonchev–Trinajstić information content (AvgIpc) is 2.41. The van der Waals surface area contributed by atoms with Crippen LogP contribution in [0.3, 0.4) is 0 Å². The second-order valence-electron chi connectivity index (χ2n) is 4.44. The van der Waals surface area contributed by atoms with Crippen LogP contribution in [-0.4, -0.2) is 30.1 Å². The first-order valence-corrected chi connectivity index (χ1v) is 5.84. The molecular formula is C13H13N3O3. The number of benzene rings is 1. The highest BCUT2D eigenvalue weighted by Crippen LogP contribution is 2.30. The van der Waals surface area contributed by atoms with E-state index in [4.69, 9.17) is 10.4 Å². The van der Waals surface area contributed by atoms with Gasteiger partial charge in [-0.15, -0.1) is 0 Å². The Morgan fingerprint density at radius 1 is 1.63 bits per heavy atom. The van der Waals surface area contributed by atoms with E-state index in [9.17, 15) is 9.59 Å². The van der Waals surface area contributed by atoms with Crippen molar-refractivity contribution in [1.29, 1.82) is 5.26 Å². The lowest BCUT2D eigenvalue weighted by molar-refractivity contribution is -0.140. The van der Waals surface area contributed by atoms with Gasteiger partial charge in [-0.05, 0) is 18.2 Å². The molecule has 1 heterocycles.